The molecule has 0 bridgehead atoms. The fourth-order valence-electron chi connectivity index (χ4n) is 1.57. The van der Waals surface area contributed by atoms with E-state index in [-0.39, 0.29) is 12.4 Å². The standard InChI is InChI=1S/C14H13F2NO2/c15-10-3-6-12(16)14(7-10)19-8-13(18)9-1-4-11(17)5-2-9/h1-7,13,18H,8,17H2. The van der Waals surface area contributed by atoms with Gasteiger partial charge in [-0.25, -0.2) is 8.78 Å². The monoisotopic (exact) mass is 265 g/mol. The van der Waals surface area contributed by atoms with E-state index in [9.17, 15) is 13.9 Å². The van der Waals surface area contributed by atoms with Crippen molar-refractivity contribution in [1.82, 2.24) is 0 Å². The number of aliphatic hydroxyl groups excluding tert-OH is 1. The first kappa shape index (κ1) is 13.3. The minimum atomic E-state index is -0.941. The lowest BCUT2D eigenvalue weighted by Crippen LogP contribution is -2.10. The lowest BCUT2D eigenvalue weighted by atomic mass is 10.1. The summed E-state index contributed by atoms with van der Waals surface area (Å²) in [6.45, 7) is -0.176. The van der Waals surface area contributed by atoms with E-state index in [1.807, 2.05) is 0 Å². The van der Waals surface area contributed by atoms with Crippen LogP contribution in [-0.2, 0) is 0 Å². The topological polar surface area (TPSA) is 55.5 Å². The number of nitrogen functional groups attached to an aromatic ring is 1. The Morgan fingerprint density at radius 2 is 1.79 bits per heavy atom. The van der Waals surface area contributed by atoms with Gasteiger partial charge in [0.25, 0.3) is 0 Å². The maximum atomic E-state index is 13.3. The van der Waals surface area contributed by atoms with Crippen LogP contribution in [0.15, 0.2) is 42.5 Å². The largest absolute Gasteiger partial charge is 0.487 e. The predicted octanol–water partition coefficient (Wildman–Crippen LogP) is 2.66. The minimum absolute atomic E-state index is 0.176. The van der Waals surface area contributed by atoms with E-state index in [1.165, 1.54) is 0 Å². The summed E-state index contributed by atoms with van der Waals surface area (Å²) in [5.74, 6) is -1.50. The third-order valence-electron chi connectivity index (χ3n) is 2.61. The summed E-state index contributed by atoms with van der Waals surface area (Å²) in [4.78, 5) is 0. The number of aliphatic hydroxyl groups is 1. The van der Waals surface area contributed by atoms with Crippen LogP contribution < -0.4 is 10.5 Å². The lowest BCUT2D eigenvalue weighted by Gasteiger charge is -2.13. The van der Waals surface area contributed by atoms with Crippen molar-refractivity contribution in [2.24, 2.45) is 0 Å². The van der Waals surface area contributed by atoms with E-state index < -0.39 is 17.7 Å². The SMILES string of the molecule is Nc1ccc(C(O)COc2cc(F)ccc2F)cc1. The Morgan fingerprint density at radius 1 is 1.11 bits per heavy atom. The molecule has 0 aromatic heterocycles. The molecule has 0 spiro atoms. The second-order valence-corrected chi connectivity index (χ2v) is 4.07. The summed E-state index contributed by atoms with van der Waals surface area (Å²) in [5.41, 5.74) is 6.69. The second-order valence-electron chi connectivity index (χ2n) is 4.07. The Morgan fingerprint density at radius 3 is 2.47 bits per heavy atom. The summed E-state index contributed by atoms with van der Waals surface area (Å²) in [6, 6.07) is 9.48. The van der Waals surface area contributed by atoms with Crippen molar-refractivity contribution in [3.05, 3.63) is 59.7 Å². The molecular formula is C14H13F2NO2. The molecule has 5 heteroatoms. The maximum Gasteiger partial charge on any atom is 0.165 e. The molecule has 0 amide bonds. The average molecular weight is 265 g/mol. The molecule has 0 aliphatic carbocycles. The molecule has 19 heavy (non-hydrogen) atoms. The van der Waals surface area contributed by atoms with Crippen molar-refractivity contribution in [3.8, 4) is 5.75 Å². The number of benzene rings is 2. The third kappa shape index (κ3) is 3.42. The fraction of sp³-hybridized carbons (Fsp3) is 0.143. The van der Waals surface area contributed by atoms with Gasteiger partial charge < -0.3 is 15.6 Å². The van der Waals surface area contributed by atoms with E-state index >= 15 is 0 Å². The van der Waals surface area contributed by atoms with Gasteiger partial charge in [0.2, 0.25) is 0 Å². The van der Waals surface area contributed by atoms with Gasteiger partial charge in [-0.3, -0.25) is 0 Å². The third-order valence-corrected chi connectivity index (χ3v) is 2.61. The average Bonchev–Trinajstić information content (AvgIpc) is 2.40. The van der Waals surface area contributed by atoms with Crippen molar-refractivity contribution in [3.63, 3.8) is 0 Å². The molecule has 0 aliphatic heterocycles. The molecule has 2 rings (SSSR count). The minimum Gasteiger partial charge on any atom is -0.487 e. The molecule has 0 aliphatic rings. The fourth-order valence-corrected chi connectivity index (χ4v) is 1.57. The summed E-state index contributed by atoms with van der Waals surface area (Å²) >= 11 is 0. The summed E-state index contributed by atoms with van der Waals surface area (Å²) in [7, 11) is 0. The molecule has 1 unspecified atom stereocenters. The number of nitrogens with two attached hydrogens (primary N) is 1. The van der Waals surface area contributed by atoms with E-state index in [1.54, 1.807) is 24.3 Å². The highest BCUT2D eigenvalue weighted by molar-refractivity contribution is 5.39. The van der Waals surface area contributed by atoms with Gasteiger partial charge in [0, 0.05) is 11.8 Å². The van der Waals surface area contributed by atoms with Gasteiger partial charge in [-0.1, -0.05) is 12.1 Å². The van der Waals surface area contributed by atoms with Gasteiger partial charge in [0.15, 0.2) is 11.6 Å². The van der Waals surface area contributed by atoms with E-state index in [2.05, 4.69) is 0 Å². The molecule has 3 N–H and O–H groups in total. The summed E-state index contributed by atoms with van der Waals surface area (Å²) in [5, 5.41) is 9.85. The highest BCUT2D eigenvalue weighted by atomic mass is 19.1. The zero-order valence-electron chi connectivity index (χ0n) is 10.0. The van der Waals surface area contributed by atoms with Crippen molar-refractivity contribution >= 4 is 5.69 Å². The Balaban J connectivity index is 2.02. The normalized spacial score (nSPS) is 12.2. The van der Waals surface area contributed by atoms with Crippen LogP contribution >= 0.6 is 0 Å². The van der Waals surface area contributed by atoms with Crippen LogP contribution in [0.2, 0.25) is 0 Å². The Kier molecular flexibility index (Phi) is 3.97. The van der Waals surface area contributed by atoms with Crippen molar-refractivity contribution in [2.75, 3.05) is 12.3 Å². The first-order valence-corrected chi connectivity index (χ1v) is 5.67. The van der Waals surface area contributed by atoms with E-state index in [0.717, 1.165) is 18.2 Å². The van der Waals surface area contributed by atoms with Crippen LogP contribution in [0.25, 0.3) is 0 Å². The van der Waals surface area contributed by atoms with Gasteiger partial charge in [0.05, 0.1) is 0 Å². The smallest absolute Gasteiger partial charge is 0.165 e. The van der Waals surface area contributed by atoms with Gasteiger partial charge in [0.1, 0.15) is 18.5 Å². The van der Waals surface area contributed by atoms with Gasteiger partial charge in [-0.2, -0.15) is 0 Å². The van der Waals surface area contributed by atoms with Crippen LogP contribution in [0, 0.1) is 11.6 Å². The van der Waals surface area contributed by atoms with Gasteiger partial charge in [-0.05, 0) is 29.8 Å². The summed E-state index contributed by atoms with van der Waals surface area (Å²) < 4.78 is 31.3. The number of ether oxygens (including phenoxy) is 1. The number of hydrogen-bond acceptors (Lipinski definition) is 3. The van der Waals surface area contributed by atoms with Crippen LogP contribution in [-0.4, -0.2) is 11.7 Å². The van der Waals surface area contributed by atoms with E-state index in [4.69, 9.17) is 10.5 Å². The van der Waals surface area contributed by atoms with Gasteiger partial charge >= 0.3 is 0 Å². The van der Waals surface area contributed by atoms with Crippen molar-refractivity contribution in [2.45, 2.75) is 6.10 Å². The molecule has 2 aromatic rings. The Labute approximate surface area is 109 Å². The molecule has 100 valence electrons. The molecule has 0 saturated heterocycles. The van der Waals surface area contributed by atoms with Crippen molar-refractivity contribution in [1.29, 1.82) is 0 Å². The van der Waals surface area contributed by atoms with Crippen LogP contribution in [0.3, 0.4) is 0 Å². The Bertz CT molecular complexity index is 558. The second kappa shape index (κ2) is 5.67. The molecule has 0 heterocycles. The summed E-state index contributed by atoms with van der Waals surface area (Å²) in [6.07, 6.45) is -0.941. The predicted molar refractivity (Wildman–Crippen MR) is 67.7 cm³/mol. The highest BCUT2D eigenvalue weighted by Gasteiger charge is 2.11. The molecule has 3 nitrogen and oxygen atoms in total. The zero-order valence-corrected chi connectivity index (χ0v) is 10.0. The Hall–Kier alpha value is -2.14. The molecular weight excluding hydrogens is 252 g/mol. The molecule has 0 radical (unpaired) electrons. The van der Waals surface area contributed by atoms with Gasteiger partial charge in [-0.15, -0.1) is 0 Å². The molecule has 2 aromatic carbocycles. The quantitative estimate of drug-likeness (QED) is 0.836. The number of halogens is 2. The number of anilines is 1. The zero-order chi connectivity index (χ0) is 13.8. The molecule has 0 saturated carbocycles. The molecule has 1 atom stereocenters. The van der Waals surface area contributed by atoms with Crippen LogP contribution in [0.5, 0.6) is 5.75 Å². The van der Waals surface area contributed by atoms with E-state index in [0.29, 0.717) is 11.3 Å². The van der Waals surface area contributed by atoms with Crippen molar-refractivity contribution < 1.29 is 18.6 Å². The van der Waals surface area contributed by atoms with Crippen LogP contribution in [0.4, 0.5) is 14.5 Å². The number of hydrogen-bond donors (Lipinski definition) is 2. The first-order chi connectivity index (χ1) is 9.06. The maximum absolute atomic E-state index is 13.3. The lowest BCUT2D eigenvalue weighted by molar-refractivity contribution is 0.105. The van der Waals surface area contributed by atoms with Crippen LogP contribution in [0.1, 0.15) is 11.7 Å². The number of rotatable bonds is 4. The highest BCUT2D eigenvalue weighted by Crippen LogP contribution is 2.21. The first-order valence-electron chi connectivity index (χ1n) is 5.67. The molecule has 0 fully saturated rings.